The van der Waals surface area contributed by atoms with Gasteiger partial charge in [0.2, 0.25) is 0 Å². The fourth-order valence-electron chi connectivity index (χ4n) is 0.224. The van der Waals surface area contributed by atoms with Crippen molar-refractivity contribution in [1.29, 1.82) is 0 Å². The molecule has 0 saturated carbocycles. The Balaban J connectivity index is 0. The number of hydrogen-bond acceptors (Lipinski definition) is 3. The normalized spacial score (nSPS) is 14.3. The molecule has 1 unspecified atom stereocenters. The molecular formula is C4H9O3PZn. The van der Waals surface area contributed by atoms with Gasteiger partial charge in [-0.3, -0.25) is 0 Å². The summed E-state index contributed by atoms with van der Waals surface area (Å²) in [4.78, 5) is 30.1. The molecule has 1 atom stereocenters. The fourth-order valence-corrected chi connectivity index (χ4v) is 0.671. The van der Waals surface area contributed by atoms with Crippen molar-refractivity contribution < 1.29 is 34.2 Å². The Morgan fingerprint density at radius 1 is 1.33 bits per heavy atom. The molecule has 0 radical (unpaired) electrons. The van der Waals surface area contributed by atoms with Gasteiger partial charge in [-0.25, -0.2) is 0 Å². The van der Waals surface area contributed by atoms with Crippen molar-refractivity contribution in [3.8, 4) is 0 Å². The van der Waals surface area contributed by atoms with Crippen LogP contribution in [0.15, 0.2) is 0 Å². The van der Waals surface area contributed by atoms with E-state index in [0.717, 1.165) is 0 Å². The van der Waals surface area contributed by atoms with Gasteiger partial charge in [0.15, 0.2) is 0 Å². The third-order valence-electron chi connectivity index (χ3n) is 1.13. The van der Waals surface area contributed by atoms with Crippen molar-refractivity contribution in [2.75, 3.05) is 0 Å². The first kappa shape index (κ1) is 12.6. The average molecular weight is 201 g/mol. The molecule has 9 heavy (non-hydrogen) atoms. The minimum Gasteiger partial charge on any atom is -0.687 e. The zero-order valence-corrected chi connectivity index (χ0v) is 9.53. The summed E-state index contributed by atoms with van der Waals surface area (Å²) in [5, 5.41) is 0. The Morgan fingerprint density at radius 2 is 1.67 bits per heavy atom. The van der Waals surface area contributed by atoms with Crippen LogP contribution in [0.3, 0.4) is 0 Å². The predicted octanol–water partition coefficient (Wildman–Crippen LogP) is -1.37. The van der Waals surface area contributed by atoms with Crippen molar-refractivity contribution in [1.82, 2.24) is 0 Å². The quantitative estimate of drug-likeness (QED) is 0.409. The summed E-state index contributed by atoms with van der Waals surface area (Å²) >= 11 is 0. The molecule has 0 aromatic heterocycles. The van der Waals surface area contributed by atoms with E-state index < -0.39 is 13.6 Å². The molecule has 0 aromatic rings. The molecular weight excluding hydrogens is 192 g/mol. The van der Waals surface area contributed by atoms with E-state index in [4.69, 9.17) is 0 Å². The summed E-state index contributed by atoms with van der Waals surface area (Å²) in [5.41, 5.74) is -0.706. The molecule has 0 aliphatic heterocycles. The number of hydrogen-bond donors (Lipinski definition) is 0. The summed E-state index contributed by atoms with van der Waals surface area (Å²) < 4.78 is 0. The summed E-state index contributed by atoms with van der Waals surface area (Å²) in [7, 11) is -4.26. The van der Waals surface area contributed by atoms with Crippen LogP contribution in [0.5, 0.6) is 0 Å². The van der Waals surface area contributed by atoms with Gasteiger partial charge < -0.3 is 14.7 Å². The second-order valence-electron chi connectivity index (χ2n) is 1.80. The molecule has 0 rings (SSSR count). The molecule has 0 fully saturated rings. The molecule has 0 amide bonds. The largest absolute Gasteiger partial charge is 2.00 e. The topological polar surface area (TPSA) is 69.2 Å². The summed E-state index contributed by atoms with van der Waals surface area (Å²) in [6, 6.07) is 0. The first-order chi connectivity index (χ1) is 3.48. The van der Waals surface area contributed by atoms with Crippen LogP contribution in [0.1, 0.15) is 20.3 Å². The van der Waals surface area contributed by atoms with E-state index >= 15 is 0 Å². The minimum atomic E-state index is -4.26. The van der Waals surface area contributed by atoms with E-state index in [2.05, 4.69) is 0 Å². The van der Waals surface area contributed by atoms with Gasteiger partial charge >= 0.3 is 19.5 Å². The molecule has 0 aliphatic carbocycles. The van der Waals surface area contributed by atoms with E-state index in [1.165, 1.54) is 6.92 Å². The van der Waals surface area contributed by atoms with Crippen LogP contribution in [-0.4, -0.2) is 5.66 Å². The van der Waals surface area contributed by atoms with Gasteiger partial charge in [-0.05, 0) is 13.3 Å². The molecule has 0 heterocycles. The van der Waals surface area contributed by atoms with E-state index in [9.17, 15) is 14.7 Å². The first-order valence-electron chi connectivity index (χ1n) is 2.50. The van der Waals surface area contributed by atoms with Gasteiger partial charge in [0, 0.05) is 5.66 Å². The molecule has 0 N–H and O–H groups in total. The summed E-state index contributed by atoms with van der Waals surface area (Å²) in [6.45, 7) is 3.09. The van der Waals surface area contributed by atoms with E-state index in [0.29, 0.717) is 6.42 Å². The van der Waals surface area contributed by atoms with Gasteiger partial charge in [-0.1, -0.05) is 6.92 Å². The van der Waals surface area contributed by atoms with Gasteiger partial charge in [-0.15, -0.1) is 0 Å². The smallest absolute Gasteiger partial charge is 0.687 e. The van der Waals surface area contributed by atoms with Crippen molar-refractivity contribution >= 4 is 7.94 Å². The Labute approximate surface area is 68.4 Å². The van der Waals surface area contributed by atoms with Crippen molar-refractivity contribution in [2.24, 2.45) is 0 Å². The Hall–Kier alpha value is 0.933. The van der Waals surface area contributed by atoms with E-state index in [1.54, 1.807) is 6.92 Å². The molecule has 0 aromatic carbocycles. The predicted molar refractivity (Wildman–Crippen MR) is 26.7 cm³/mol. The standard InChI is InChI=1S/C4H11O3P.Zn/c1-3-4(2)8(5,6)7;/h4H,3H2,1-2H3,(H2,5,6,7);/q;+2/p-2. The van der Waals surface area contributed by atoms with Gasteiger partial charge in [0.1, 0.15) is 0 Å². The number of rotatable bonds is 2. The average Bonchev–Trinajstić information content (AvgIpc) is 1.62. The van der Waals surface area contributed by atoms with Crippen molar-refractivity contribution in [3.63, 3.8) is 0 Å². The van der Waals surface area contributed by atoms with Crippen LogP contribution in [0.25, 0.3) is 0 Å². The third-order valence-corrected chi connectivity index (χ3v) is 2.58. The second kappa shape index (κ2) is 4.70. The van der Waals surface area contributed by atoms with Gasteiger partial charge in [0.25, 0.3) is 0 Å². The third kappa shape index (κ3) is 5.38. The minimum absolute atomic E-state index is 0. The van der Waals surface area contributed by atoms with Crippen LogP contribution >= 0.6 is 7.94 Å². The zero-order chi connectivity index (χ0) is 6.78. The molecule has 0 saturated heterocycles. The maximum absolute atomic E-state index is 10.0. The molecule has 5 heteroatoms. The second-order valence-corrected chi connectivity index (χ2v) is 3.76. The van der Waals surface area contributed by atoms with Crippen LogP contribution < -0.4 is 14.7 Å². The zero-order valence-electron chi connectivity index (χ0n) is 5.66. The maximum Gasteiger partial charge on any atom is 2.00 e. The summed E-state index contributed by atoms with van der Waals surface area (Å²) in [5.74, 6) is 0. The van der Waals surface area contributed by atoms with Crippen LogP contribution in [0.4, 0.5) is 0 Å². The first-order valence-corrected chi connectivity index (χ1v) is 4.11. The Kier molecular flexibility index (Phi) is 6.58. The molecule has 3 nitrogen and oxygen atoms in total. The van der Waals surface area contributed by atoms with E-state index in [1.807, 2.05) is 0 Å². The van der Waals surface area contributed by atoms with Gasteiger partial charge in [0.05, 0.1) is 0 Å². The monoisotopic (exact) mass is 200 g/mol. The molecule has 0 aliphatic rings. The van der Waals surface area contributed by atoms with Gasteiger partial charge in [-0.2, -0.15) is 7.94 Å². The Bertz CT molecular complexity index is 72.7. The van der Waals surface area contributed by atoms with Crippen LogP contribution in [0.2, 0.25) is 0 Å². The Morgan fingerprint density at radius 3 is 1.67 bits per heavy atom. The van der Waals surface area contributed by atoms with Crippen molar-refractivity contribution in [2.45, 2.75) is 25.9 Å². The SMILES string of the molecule is CCC(C)[P+]([O-])([O-])[O-].[Zn+2]. The van der Waals surface area contributed by atoms with Crippen molar-refractivity contribution in [3.05, 3.63) is 0 Å². The van der Waals surface area contributed by atoms with Crippen LogP contribution in [0, 0.1) is 0 Å². The summed E-state index contributed by atoms with van der Waals surface area (Å²) in [6.07, 6.45) is 0.407. The maximum atomic E-state index is 10.0. The van der Waals surface area contributed by atoms with Crippen LogP contribution in [-0.2, 0) is 19.5 Å². The fraction of sp³-hybridized carbons (Fsp3) is 1.00. The molecule has 0 spiro atoms. The van der Waals surface area contributed by atoms with E-state index in [-0.39, 0.29) is 19.5 Å². The molecule has 0 bridgehead atoms. The molecule has 50 valence electrons.